The number of rotatable bonds is 6. The first-order valence-corrected chi connectivity index (χ1v) is 13.1. The van der Waals surface area contributed by atoms with Crippen molar-refractivity contribution in [3.8, 4) is 5.69 Å². The second kappa shape index (κ2) is 8.65. The van der Waals surface area contributed by atoms with Crippen LogP contribution in [0, 0.1) is 12.8 Å². The maximum absolute atomic E-state index is 13.9. The third-order valence-corrected chi connectivity index (χ3v) is 8.31. The Hall–Kier alpha value is -2.16. The van der Waals surface area contributed by atoms with E-state index >= 15 is 0 Å². The molecule has 4 aromatic rings. The van der Waals surface area contributed by atoms with Crippen molar-refractivity contribution in [1.29, 1.82) is 0 Å². The van der Waals surface area contributed by atoms with E-state index < -0.39 is 0 Å². The van der Waals surface area contributed by atoms with Crippen LogP contribution in [0.3, 0.4) is 0 Å². The highest BCUT2D eigenvalue weighted by atomic mass is 32.2. The fourth-order valence-corrected chi connectivity index (χ4v) is 6.51. The molecule has 0 amide bonds. The molecule has 5 rings (SSSR count). The maximum Gasteiger partial charge on any atom is 0.268 e. The largest absolute Gasteiger partial charge is 0.372 e. The molecule has 8 heteroatoms. The number of aromatic nitrogens is 4. The molecule has 0 radical (unpaired) electrons. The normalized spacial score (nSPS) is 16.3. The molecule has 0 bridgehead atoms. The van der Waals surface area contributed by atoms with Crippen LogP contribution in [-0.2, 0) is 17.8 Å². The Labute approximate surface area is 195 Å². The Morgan fingerprint density at radius 3 is 2.75 bits per heavy atom. The number of fused-ring (bicyclic) bond motifs is 5. The van der Waals surface area contributed by atoms with Gasteiger partial charge < -0.3 is 4.74 Å². The summed E-state index contributed by atoms with van der Waals surface area (Å²) >= 11 is 3.36. The van der Waals surface area contributed by atoms with Crippen molar-refractivity contribution < 1.29 is 4.74 Å². The Morgan fingerprint density at radius 1 is 1.25 bits per heavy atom. The monoisotopic (exact) mass is 468 g/mol. The molecule has 168 valence electrons. The number of hydrogen-bond donors (Lipinski definition) is 0. The summed E-state index contributed by atoms with van der Waals surface area (Å²) in [6.07, 6.45) is 3.14. The molecule has 1 atom stereocenters. The molecule has 6 nitrogen and oxygen atoms in total. The lowest BCUT2D eigenvalue weighted by Gasteiger charge is -2.26. The number of benzene rings is 1. The van der Waals surface area contributed by atoms with E-state index in [0.717, 1.165) is 62.1 Å². The Kier molecular flexibility index (Phi) is 5.86. The van der Waals surface area contributed by atoms with E-state index in [-0.39, 0.29) is 11.7 Å². The van der Waals surface area contributed by atoms with Gasteiger partial charge >= 0.3 is 0 Å². The average Bonchev–Trinajstić information content (AvgIpc) is 3.36. The van der Waals surface area contributed by atoms with E-state index in [4.69, 9.17) is 4.74 Å². The molecule has 1 aromatic carbocycles. The third-order valence-electron chi connectivity index (χ3n) is 6.11. The van der Waals surface area contributed by atoms with Crippen molar-refractivity contribution in [1.82, 2.24) is 19.2 Å². The fraction of sp³-hybridized carbons (Fsp3) is 0.458. The first-order chi connectivity index (χ1) is 15.5. The smallest absolute Gasteiger partial charge is 0.268 e. The summed E-state index contributed by atoms with van der Waals surface area (Å²) in [5.74, 6) is 1.95. The molecular formula is C24H28N4O2S2. The second-order valence-corrected chi connectivity index (χ2v) is 10.9. The van der Waals surface area contributed by atoms with E-state index in [2.05, 4.69) is 35.4 Å². The minimum absolute atomic E-state index is 0.0178. The van der Waals surface area contributed by atoms with Crippen LogP contribution in [0.1, 0.15) is 49.6 Å². The van der Waals surface area contributed by atoms with Gasteiger partial charge in [0, 0.05) is 17.1 Å². The molecule has 0 unspecified atom stereocenters. The molecule has 1 aliphatic rings. The number of ether oxygens (including phenoxy) is 1. The van der Waals surface area contributed by atoms with Crippen molar-refractivity contribution in [3.63, 3.8) is 0 Å². The highest BCUT2D eigenvalue weighted by Crippen LogP contribution is 2.37. The van der Waals surface area contributed by atoms with Crippen molar-refractivity contribution in [2.24, 2.45) is 5.92 Å². The lowest BCUT2D eigenvalue weighted by Crippen LogP contribution is -2.28. The van der Waals surface area contributed by atoms with Crippen molar-refractivity contribution >= 4 is 39.1 Å². The first-order valence-electron chi connectivity index (χ1n) is 11.3. The van der Waals surface area contributed by atoms with Gasteiger partial charge in [0.1, 0.15) is 4.83 Å². The molecular weight excluding hydrogens is 440 g/mol. The topological polar surface area (TPSA) is 61.4 Å². The lowest BCUT2D eigenvalue weighted by molar-refractivity contribution is 0.00200. The highest BCUT2D eigenvalue weighted by molar-refractivity contribution is 7.99. The number of unbranched alkanes of at least 4 members (excludes halogenated alkanes) is 1. The van der Waals surface area contributed by atoms with Crippen LogP contribution in [-0.4, -0.2) is 31.0 Å². The van der Waals surface area contributed by atoms with Gasteiger partial charge in [-0.1, -0.05) is 56.7 Å². The molecule has 0 aliphatic carbocycles. The van der Waals surface area contributed by atoms with Crippen LogP contribution in [0.2, 0.25) is 0 Å². The quantitative estimate of drug-likeness (QED) is 0.280. The van der Waals surface area contributed by atoms with Gasteiger partial charge in [-0.25, -0.2) is 8.97 Å². The lowest BCUT2D eigenvalue weighted by atomic mass is 9.96. The first kappa shape index (κ1) is 21.7. The summed E-state index contributed by atoms with van der Waals surface area (Å²) in [4.78, 5) is 16.0. The van der Waals surface area contributed by atoms with Gasteiger partial charge in [-0.3, -0.25) is 4.79 Å². The number of thiophene rings is 1. The zero-order chi connectivity index (χ0) is 22.4. The summed E-state index contributed by atoms with van der Waals surface area (Å²) in [7, 11) is 0. The summed E-state index contributed by atoms with van der Waals surface area (Å²) in [6.45, 7) is 9.15. The van der Waals surface area contributed by atoms with E-state index in [0.29, 0.717) is 18.3 Å². The third kappa shape index (κ3) is 3.58. The van der Waals surface area contributed by atoms with Gasteiger partial charge in [-0.15, -0.1) is 21.5 Å². The van der Waals surface area contributed by atoms with Crippen LogP contribution in [0.5, 0.6) is 0 Å². The highest BCUT2D eigenvalue weighted by Gasteiger charge is 2.30. The summed E-state index contributed by atoms with van der Waals surface area (Å²) in [6, 6.07) is 8.03. The van der Waals surface area contributed by atoms with Crippen LogP contribution >= 0.6 is 23.1 Å². The molecule has 1 aliphatic heterocycles. The van der Waals surface area contributed by atoms with Gasteiger partial charge in [-0.2, -0.15) is 0 Å². The number of thioether (sulfide) groups is 1. The van der Waals surface area contributed by atoms with Gasteiger partial charge in [0.05, 0.1) is 23.8 Å². The van der Waals surface area contributed by atoms with E-state index in [9.17, 15) is 4.79 Å². The maximum atomic E-state index is 13.9. The number of nitrogens with zero attached hydrogens (tertiary/aromatic N) is 4. The molecule has 0 spiro atoms. The molecule has 3 aromatic heterocycles. The van der Waals surface area contributed by atoms with Crippen LogP contribution < -0.4 is 5.56 Å². The predicted molar refractivity (Wildman–Crippen MR) is 131 cm³/mol. The van der Waals surface area contributed by atoms with Crippen LogP contribution in [0.4, 0.5) is 0 Å². The summed E-state index contributed by atoms with van der Waals surface area (Å²) in [5.41, 5.74) is 3.09. The summed E-state index contributed by atoms with van der Waals surface area (Å²) in [5, 5.41) is 10.6. The van der Waals surface area contributed by atoms with E-state index in [1.165, 1.54) is 0 Å². The van der Waals surface area contributed by atoms with Crippen molar-refractivity contribution in [3.05, 3.63) is 50.6 Å². The van der Waals surface area contributed by atoms with Crippen molar-refractivity contribution in [2.75, 3.05) is 5.75 Å². The molecule has 0 N–H and O–H groups in total. The number of aryl methyl sites for hydroxylation is 1. The molecule has 32 heavy (non-hydrogen) atoms. The van der Waals surface area contributed by atoms with E-state index in [1.807, 2.05) is 31.2 Å². The number of hydrogen-bond acceptors (Lipinski definition) is 6. The molecule has 4 heterocycles. The van der Waals surface area contributed by atoms with Gasteiger partial charge in [-0.05, 0) is 37.0 Å². The van der Waals surface area contributed by atoms with Crippen LogP contribution in [0.25, 0.3) is 21.7 Å². The standard InChI is InChI=1S/C24H28N4O2S2/c1-5-6-11-31-24-26-25-23-27(16-9-7-15(4)8-10-16)21(29)20-17-12-18(14(2)3)30-13-19(17)32-22(20)28(23)24/h7-10,14,18H,5-6,11-13H2,1-4H3/t18-/m0/s1. The molecule has 0 saturated heterocycles. The van der Waals surface area contributed by atoms with Gasteiger partial charge in [0.25, 0.3) is 5.56 Å². The SMILES string of the molecule is CCCCSc1nnc2n(-c3ccc(C)cc3)c(=O)c3c4c(sc3n12)CO[C@H](C(C)C)C4. The minimum Gasteiger partial charge on any atom is -0.372 e. The predicted octanol–water partition coefficient (Wildman–Crippen LogP) is 5.39. The summed E-state index contributed by atoms with van der Waals surface area (Å²) < 4.78 is 9.94. The Morgan fingerprint density at radius 2 is 2.03 bits per heavy atom. The average molecular weight is 469 g/mol. The molecule has 0 fully saturated rings. The zero-order valence-corrected chi connectivity index (χ0v) is 20.6. The van der Waals surface area contributed by atoms with Crippen LogP contribution in [0.15, 0.2) is 34.2 Å². The minimum atomic E-state index is -0.0178. The molecule has 0 saturated carbocycles. The van der Waals surface area contributed by atoms with Crippen molar-refractivity contribution in [2.45, 2.75) is 64.8 Å². The Bertz CT molecular complexity index is 1330. The zero-order valence-electron chi connectivity index (χ0n) is 18.9. The van der Waals surface area contributed by atoms with Gasteiger partial charge in [0.15, 0.2) is 5.16 Å². The van der Waals surface area contributed by atoms with E-state index in [1.54, 1.807) is 27.7 Å². The Balaban J connectivity index is 1.80. The van der Waals surface area contributed by atoms with Gasteiger partial charge in [0.2, 0.25) is 5.78 Å². The second-order valence-electron chi connectivity index (χ2n) is 8.78. The fourth-order valence-electron chi connectivity index (χ4n) is 4.19.